The van der Waals surface area contributed by atoms with Crippen LogP contribution in [0.5, 0.6) is 0 Å². The summed E-state index contributed by atoms with van der Waals surface area (Å²) in [6.07, 6.45) is -4.35. The van der Waals surface area contributed by atoms with Crippen molar-refractivity contribution in [2.45, 2.75) is 11.1 Å². The Bertz CT molecular complexity index is 1230. The molecule has 0 spiro atoms. The van der Waals surface area contributed by atoms with E-state index in [4.69, 9.17) is 5.73 Å². The zero-order chi connectivity index (χ0) is 21.3. The van der Waals surface area contributed by atoms with E-state index in [-0.39, 0.29) is 0 Å². The fourth-order valence-electron chi connectivity index (χ4n) is 3.39. The van der Waals surface area contributed by atoms with E-state index in [1.807, 2.05) is 60.7 Å². The van der Waals surface area contributed by atoms with E-state index in [1.54, 1.807) is 0 Å². The molecule has 0 fully saturated rings. The SMILES string of the molecule is C=C(Sc1ccccc1N)c1ccc(-c2ccc(C(F)(F)F)cc2)c2ccccc12. The molecule has 0 aliphatic rings. The maximum absolute atomic E-state index is 12.9. The van der Waals surface area contributed by atoms with Gasteiger partial charge in [0.1, 0.15) is 0 Å². The van der Waals surface area contributed by atoms with Crippen molar-refractivity contribution in [3.63, 3.8) is 0 Å². The molecular weight excluding hydrogens is 403 g/mol. The number of hydrogen-bond donors (Lipinski definition) is 1. The van der Waals surface area contributed by atoms with Gasteiger partial charge in [-0.05, 0) is 51.7 Å². The minimum atomic E-state index is -4.35. The first kappa shape index (κ1) is 20.1. The largest absolute Gasteiger partial charge is 0.416 e. The molecule has 4 aromatic carbocycles. The number of halogens is 3. The second-order valence-corrected chi connectivity index (χ2v) is 7.98. The molecule has 2 N–H and O–H groups in total. The van der Waals surface area contributed by atoms with Crippen molar-refractivity contribution in [3.8, 4) is 11.1 Å². The van der Waals surface area contributed by atoms with Gasteiger partial charge in [-0.15, -0.1) is 0 Å². The van der Waals surface area contributed by atoms with Crippen LogP contribution in [0.1, 0.15) is 11.1 Å². The average Bonchev–Trinajstić information content (AvgIpc) is 2.74. The molecule has 0 unspecified atom stereocenters. The Kier molecular flexibility index (Phi) is 5.31. The van der Waals surface area contributed by atoms with Crippen molar-refractivity contribution in [2.75, 3.05) is 5.73 Å². The van der Waals surface area contributed by atoms with E-state index in [2.05, 4.69) is 6.58 Å². The number of alkyl halides is 3. The molecule has 0 saturated heterocycles. The van der Waals surface area contributed by atoms with Crippen molar-refractivity contribution >= 4 is 33.1 Å². The van der Waals surface area contributed by atoms with E-state index in [9.17, 15) is 13.2 Å². The summed E-state index contributed by atoms with van der Waals surface area (Å²) in [5.41, 5.74) is 8.67. The van der Waals surface area contributed by atoms with Gasteiger partial charge in [-0.25, -0.2) is 0 Å². The Morgan fingerprint density at radius 1 is 0.767 bits per heavy atom. The van der Waals surface area contributed by atoms with Gasteiger partial charge in [0.05, 0.1) is 5.56 Å². The molecule has 5 heteroatoms. The van der Waals surface area contributed by atoms with Crippen LogP contribution in [0.25, 0.3) is 26.8 Å². The van der Waals surface area contributed by atoms with Crippen LogP contribution in [0.2, 0.25) is 0 Å². The summed E-state index contributed by atoms with van der Waals surface area (Å²) in [7, 11) is 0. The van der Waals surface area contributed by atoms with Gasteiger partial charge in [-0.3, -0.25) is 0 Å². The van der Waals surface area contributed by atoms with Crippen LogP contribution in [0.4, 0.5) is 18.9 Å². The first-order chi connectivity index (χ1) is 14.3. The Balaban J connectivity index is 1.75. The third kappa shape index (κ3) is 3.94. The molecule has 30 heavy (non-hydrogen) atoms. The standard InChI is InChI=1S/C25H18F3NS/c1-16(30-24-9-5-4-8-23(24)29)19-14-15-20(22-7-3-2-6-21(19)22)17-10-12-18(13-11-17)25(26,27)28/h2-15H,1,29H2. The number of nitrogens with two attached hydrogens (primary N) is 1. The molecule has 0 aromatic heterocycles. The lowest BCUT2D eigenvalue weighted by molar-refractivity contribution is -0.137. The summed E-state index contributed by atoms with van der Waals surface area (Å²) in [5, 5.41) is 1.94. The molecule has 0 saturated carbocycles. The fourth-order valence-corrected chi connectivity index (χ4v) is 4.28. The highest BCUT2D eigenvalue weighted by Crippen LogP contribution is 2.41. The number of nitrogen functional groups attached to an aromatic ring is 1. The Labute approximate surface area is 177 Å². The van der Waals surface area contributed by atoms with E-state index in [0.717, 1.165) is 49.4 Å². The Morgan fingerprint density at radius 2 is 1.40 bits per heavy atom. The molecule has 0 heterocycles. The second kappa shape index (κ2) is 7.92. The van der Waals surface area contributed by atoms with Crippen molar-refractivity contribution in [1.82, 2.24) is 0 Å². The highest BCUT2D eigenvalue weighted by molar-refractivity contribution is 8.08. The number of thioether (sulfide) groups is 1. The van der Waals surface area contributed by atoms with E-state index >= 15 is 0 Å². The zero-order valence-electron chi connectivity index (χ0n) is 15.9. The maximum Gasteiger partial charge on any atom is 0.416 e. The number of anilines is 1. The topological polar surface area (TPSA) is 26.0 Å². The lowest BCUT2D eigenvalue weighted by Gasteiger charge is -2.14. The first-order valence-electron chi connectivity index (χ1n) is 9.25. The van der Waals surface area contributed by atoms with Crippen molar-refractivity contribution < 1.29 is 13.2 Å². The molecule has 4 aromatic rings. The smallest absolute Gasteiger partial charge is 0.398 e. The van der Waals surface area contributed by atoms with Crippen LogP contribution < -0.4 is 5.73 Å². The van der Waals surface area contributed by atoms with Crippen LogP contribution in [-0.4, -0.2) is 0 Å². The molecule has 0 aliphatic heterocycles. The average molecular weight is 421 g/mol. The molecule has 150 valence electrons. The lowest BCUT2D eigenvalue weighted by atomic mass is 9.94. The molecule has 4 rings (SSSR count). The molecule has 0 atom stereocenters. The number of para-hydroxylation sites is 1. The normalized spacial score (nSPS) is 11.6. The van der Waals surface area contributed by atoms with E-state index in [0.29, 0.717) is 5.69 Å². The van der Waals surface area contributed by atoms with Crippen LogP contribution in [0.15, 0.2) is 96.4 Å². The molecule has 1 nitrogen and oxygen atoms in total. The van der Waals surface area contributed by atoms with E-state index in [1.165, 1.54) is 23.9 Å². The quantitative estimate of drug-likeness (QED) is 0.268. The fraction of sp³-hybridized carbons (Fsp3) is 0.0400. The number of fused-ring (bicyclic) bond motifs is 1. The predicted molar refractivity (Wildman–Crippen MR) is 120 cm³/mol. The van der Waals surface area contributed by atoms with Gasteiger partial charge in [0.25, 0.3) is 0 Å². The van der Waals surface area contributed by atoms with Gasteiger partial charge in [0.15, 0.2) is 0 Å². The highest BCUT2D eigenvalue weighted by Gasteiger charge is 2.30. The number of benzene rings is 4. The minimum Gasteiger partial charge on any atom is -0.398 e. The summed E-state index contributed by atoms with van der Waals surface area (Å²) in [6.45, 7) is 4.23. The Hall–Kier alpha value is -3.18. The minimum absolute atomic E-state index is 0.655. The lowest BCUT2D eigenvalue weighted by Crippen LogP contribution is -2.04. The number of hydrogen-bond acceptors (Lipinski definition) is 2. The van der Waals surface area contributed by atoms with Crippen molar-refractivity contribution in [2.24, 2.45) is 0 Å². The molecule has 0 aliphatic carbocycles. The van der Waals surface area contributed by atoms with Gasteiger partial charge in [-0.2, -0.15) is 13.2 Å². The second-order valence-electron chi connectivity index (χ2n) is 6.84. The summed E-state index contributed by atoms with van der Waals surface area (Å²) in [4.78, 5) is 1.78. The number of rotatable bonds is 4. The summed E-state index contributed by atoms with van der Waals surface area (Å²) >= 11 is 1.50. The molecule has 0 bridgehead atoms. The monoisotopic (exact) mass is 421 g/mol. The zero-order valence-corrected chi connectivity index (χ0v) is 16.7. The van der Waals surface area contributed by atoms with Crippen LogP contribution in [0, 0.1) is 0 Å². The third-order valence-corrected chi connectivity index (χ3v) is 5.96. The van der Waals surface area contributed by atoms with Crippen LogP contribution in [-0.2, 0) is 6.18 Å². The maximum atomic E-state index is 12.9. The van der Waals surface area contributed by atoms with Gasteiger partial charge in [0, 0.05) is 15.5 Å². The molecule has 0 amide bonds. The summed E-state index contributed by atoms with van der Waals surface area (Å²) in [5.74, 6) is 0. The molecule has 0 radical (unpaired) electrons. The molecular formula is C25H18F3NS. The van der Waals surface area contributed by atoms with Gasteiger partial charge >= 0.3 is 6.18 Å². The Morgan fingerprint density at radius 3 is 2.07 bits per heavy atom. The highest BCUT2D eigenvalue weighted by atomic mass is 32.2. The summed E-state index contributed by atoms with van der Waals surface area (Å²) < 4.78 is 38.7. The van der Waals surface area contributed by atoms with Crippen LogP contribution >= 0.6 is 11.8 Å². The van der Waals surface area contributed by atoms with Gasteiger partial charge in [0.2, 0.25) is 0 Å². The predicted octanol–water partition coefficient (Wildman–Crippen LogP) is 7.87. The van der Waals surface area contributed by atoms with E-state index < -0.39 is 11.7 Å². The van der Waals surface area contributed by atoms with Crippen LogP contribution in [0.3, 0.4) is 0 Å². The van der Waals surface area contributed by atoms with Gasteiger partial charge < -0.3 is 5.73 Å². The van der Waals surface area contributed by atoms with Crippen molar-refractivity contribution in [3.05, 3.63) is 103 Å². The van der Waals surface area contributed by atoms with Crippen molar-refractivity contribution in [1.29, 1.82) is 0 Å². The first-order valence-corrected chi connectivity index (χ1v) is 10.1. The summed E-state index contributed by atoms with van der Waals surface area (Å²) in [6, 6.07) is 24.6. The third-order valence-electron chi connectivity index (χ3n) is 4.90. The van der Waals surface area contributed by atoms with Gasteiger partial charge in [-0.1, -0.05) is 79.0 Å².